The van der Waals surface area contributed by atoms with E-state index in [1.54, 1.807) is 0 Å². The molecular formula is C10H13FN2O2S. The third-order valence-electron chi connectivity index (χ3n) is 2.48. The van der Waals surface area contributed by atoms with E-state index < -0.39 is 10.0 Å². The lowest BCUT2D eigenvalue weighted by Gasteiger charge is -2.21. The minimum Gasteiger partial charge on any atom is -0.314 e. The van der Waals surface area contributed by atoms with E-state index in [1.807, 2.05) is 0 Å². The highest BCUT2D eigenvalue weighted by molar-refractivity contribution is 7.92. The Labute approximate surface area is 94.1 Å². The van der Waals surface area contributed by atoms with Gasteiger partial charge < -0.3 is 5.32 Å². The van der Waals surface area contributed by atoms with Gasteiger partial charge in [0.25, 0.3) is 0 Å². The Morgan fingerprint density at radius 2 is 1.88 bits per heavy atom. The summed E-state index contributed by atoms with van der Waals surface area (Å²) in [5.41, 5.74) is 0.519. The maximum atomic E-state index is 12.7. The van der Waals surface area contributed by atoms with E-state index in [9.17, 15) is 12.8 Å². The number of anilines is 1. The van der Waals surface area contributed by atoms with Crippen molar-refractivity contribution in [3.8, 4) is 0 Å². The molecular weight excluding hydrogens is 231 g/mol. The van der Waals surface area contributed by atoms with Crippen LogP contribution in [0.25, 0.3) is 0 Å². The lowest BCUT2D eigenvalue weighted by Crippen LogP contribution is -2.33. The molecule has 0 aliphatic carbocycles. The van der Waals surface area contributed by atoms with Crippen LogP contribution in [0.3, 0.4) is 0 Å². The number of rotatable bonds is 1. The van der Waals surface area contributed by atoms with E-state index in [1.165, 1.54) is 28.6 Å². The molecule has 2 rings (SSSR count). The maximum absolute atomic E-state index is 12.7. The fourth-order valence-corrected chi connectivity index (χ4v) is 3.09. The van der Waals surface area contributed by atoms with Gasteiger partial charge in [0, 0.05) is 19.6 Å². The van der Waals surface area contributed by atoms with Gasteiger partial charge in [0.2, 0.25) is 10.0 Å². The topological polar surface area (TPSA) is 49.4 Å². The standard InChI is InChI=1S/C10H13FN2O2S/c11-9-1-3-10(4-2-9)13-7-5-12-6-8-16(13,14)15/h1-4,12H,5-8H2. The number of hydrogen-bond acceptors (Lipinski definition) is 3. The van der Waals surface area contributed by atoms with Crippen molar-refractivity contribution in [2.45, 2.75) is 0 Å². The first kappa shape index (κ1) is 11.3. The number of benzene rings is 1. The molecule has 6 heteroatoms. The van der Waals surface area contributed by atoms with Crippen LogP contribution in [0.4, 0.5) is 10.1 Å². The first-order chi connectivity index (χ1) is 7.59. The molecule has 1 aromatic carbocycles. The molecule has 88 valence electrons. The normalized spacial score (nSPS) is 20.4. The van der Waals surface area contributed by atoms with Gasteiger partial charge in [-0.15, -0.1) is 0 Å². The molecule has 0 radical (unpaired) electrons. The van der Waals surface area contributed by atoms with Crippen molar-refractivity contribution >= 4 is 15.7 Å². The lowest BCUT2D eigenvalue weighted by atomic mass is 10.3. The Bertz CT molecular complexity index is 458. The SMILES string of the molecule is O=S1(=O)CCNCCN1c1ccc(F)cc1. The summed E-state index contributed by atoms with van der Waals surface area (Å²) in [6.07, 6.45) is 0. The van der Waals surface area contributed by atoms with Crippen molar-refractivity contribution in [3.05, 3.63) is 30.1 Å². The van der Waals surface area contributed by atoms with Crippen molar-refractivity contribution in [2.75, 3.05) is 29.7 Å². The number of hydrogen-bond donors (Lipinski definition) is 1. The smallest absolute Gasteiger partial charge is 0.236 e. The van der Waals surface area contributed by atoms with Crippen molar-refractivity contribution in [1.29, 1.82) is 0 Å². The van der Waals surface area contributed by atoms with Crippen LogP contribution in [0.15, 0.2) is 24.3 Å². The summed E-state index contributed by atoms with van der Waals surface area (Å²) in [5.74, 6) is -0.293. The van der Waals surface area contributed by atoms with Crippen LogP contribution in [0.2, 0.25) is 0 Å². The predicted octanol–water partition coefficient (Wildman–Crippen LogP) is 0.565. The van der Waals surface area contributed by atoms with Crippen LogP contribution >= 0.6 is 0 Å². The molecule has 4 nitrogen and oxygen atoms in total. The van der Waals surface area contributed by atoms with Gasteiger partial charge >= 0.3 is 0 Å². The van der Waals surface area contributed by atoms with Crippen LogP contribution in [0.1, 0.15) is 0 Å². The van der Waals surface area contributed by atoms with E-state index in [0.717, 1.165) is 0 Å². The highest BCUT2D eigenvalue weighted by Crippen LogP contribution is 2.19. The second-order valence-corrected chi connectivity index (χ2v) is 5.63. The molecule has 1 aliphatic heterocycles. The van der Waals surface area contributed by atoms with Gasteiger partial charge in [-0.25, -0.2) is 12.8 Å². The average molecular weight is 244 g/mol. The molecule has 1 aromatic rings. The van der Waals surface area contributed by atoms with Crippen LogP contribution in [-0.4, -0.2) is 33.8 Å². The second-order valence-electron chi connectivity index (χ2n) is 3.61. The van der Waals surface area contributed by atoms with E-state index >= 15 is 0 Å². The van der Waals surface area contributed by atoms with Crippen molar-refractivity contribution in [1.82, 2.24) is 5.32 Å². The third kappa shape index (κ3) is 2.33. The fourth-order valence-electron chi connectivity index (χ4n) is 1.65. The highest BCUT2D eigenvalue weighted by Gasteiger charge is 2.24. The predicted molar refractivity (Wildman–Crippen MR) is 60.4 cm³/mol. The first-order valence-corrected chi connectivity index (χ1v) is 6.67. The molecule has 1 aliphatic rings. The quantitative estimate of drug-likeness (QED) is 0.785. The van der Waals surface area contributed by atoms with Crippen molar-refractivity contribution in [3.63, 3.8) is 0 Å². The summed E-state index contributed by atoms with van der Waals surface area (Å²) < 4.78 is 37.8. The van der Waals surface area contributed by atoms with E-state index in [2.05, 4.69) is 5.32 Å². The van der Waals surface area contributed by atoms with E-state index in [-0.39, 0.29) is 11.6 Å². The monoisotopic (exact) mass is 244 g/mol. The molecule has 0 atom stereocenters. The molecule has 0 aromatic heterocycles. The molecule has 16 heavy (non-hydrogen) atoms. The minimum absolute atomic E-state index is 0.0738. The Morgan fingerprint density at radius 3 is 2.56 bits per heavy atom. The van der Waals surface area contributed by atoms with Crippen LogP contribution < -0.4 is 9.62 Å². The molecule has 0 amide bonds. The van der Waals surface area contributed by atoms with Gasteiger partial charge in [0.1, 0.15) is 5.82 Å². The molecule has 1 fully saturated rings. The largest absolute Gasteiger partial charge is 0.314 e. The fraction of sp³-hybridized carbons (Fsp3) is 0.400. The van der Waals surface area contributed by atoms with Gasteiger partial charge in [-0.05, 0) is 24.3 Å². The number of nitrogens with one attached hydrogen (secondary N) is 1. The van der Waals surface area contributed by atoms with Gasteiger partial charge in [-0.1, -0.05) is 0 Å². The number of halogens is 1. The van der Waals surface area contributed by atoms with Crippen LogP contribution in [0.5, 0.6) is 0 Å². The van der Waals surface area contributed by atoms with E-state index in [0.29, 0.717) is 25.3 Å². The summed E-state index contributed by atoms with van der Waals surface area (Å²) >= 11 is 0. The molecule has 0 unspecified atom stereocenters. The van der Waals surface area contributed by atoms with Gasteiger partial charge in [0.15, 0.2) is 0 Å². The summed E-state index contributed by atoms with van der Waals surface area (Å²) in [6, 6.07) is 5.50. The Morgan fingerprint density at radius 1 is 1.19 bits per heavy atom. The molecule has 1 saturated heterocycles. The number of nitrogens with zero attached hydrogens (tertiary/aromatic N) is 1. The summed E-state index contributed by atoms with van der Waals surface area (Å²) in [5, 5.41) is 3.02. The average Bonchev–Trinajstić information content (AvgIpc) is 2.41. The molecule has 0 saturated carbocycles. The lowest BCUT2D eigenvalue weighted by molar-refractivity contribution is 0.593. The molecule has 0 bridgehead atoms. The minimum atomic E-state index is -3.28. The van der Waals surface area contributed by atoms with Gasteiger partial charge in [-0.3, -0.25) is 4.31 Å². The zero-order valence-electron chi connectivity index (χ0n) is 8.69. The Kier molecular flexibility index (Phi) is 3.11. The van der Waals surface area contributed by atoms with Crippen molar-refractivity contribution < 1.29 is 12.8 Å². The van der Waals surface area contributed by atoms with Crippen LogP contribution in [0, 0.1) is 5.82 Å². The zero-order valence-corrected chi connectivity index (χ0v) is 9.50. The molecule has 1 heterocycles. The summed E-state index contributed by atoms with van der Waals surface area (Å²) in [7, 11) is -3.28. The summed E-state index contributed by atoms with van der Waals surface area (Å²) in [4.78, 5) is 0. The van der Waals surface area contributed by atoms with E-state index in [4.69, 9.17) is 0 Å². The van der Waals surface area contributed by atoms with Crippen LogP contribution in [-0.2, 0) is 10.0 Å². The van der Waals surface area contributed by atoms with Crippen molar-refractivity contribution in [2.24, 2.45) is 0 Å². The number of sulfonamides is 1. The maximum Gasteiger partial charge on any atom is 0.236 e. The Balaban J connectivity index is 2.33. The van der Waals surface area contributed by atoms with Gasteiger partial charge in [0.05, 0.1) is 11.4 Å². The highest BCUT2D eigenvalue weighted by atomic mass is 32.2. The molecule has 0 spiro atoms. The molecule has 1 N–H and O–H groups in total. The Hall–Kier alpha value is -1.14. The first-order valence-electron chi connectivity index (χ1n) is 5.06. The van der Waals surface area contributed by atoms with Gasteiger partial charge in [-0.2, -0.15) is 0 Å². The summed E-state index contributed by atoms with van der Waals surface area (Å²) in [6.45, 7) is 1.45. The zero-order chi connectivity index (χ0) is 11.6. The second kappa shape index (κ2) is 4.39. The third-order valence-corrected chi connectivity index (χ3v) is 4.26.